The highest BCUT2D eigenvalue weighted by molar-refractivity contribution is 5.97. The Morgan fingerprint density at radius 2 is 2.05 bits per heavy atom. The van der Waals surface area contributed by atoms with Crippen molar-refractivity contribution in [2.75, 3.05) is 5.73 Å². The van der Waals surface area contributed by atoms with E-state index in [0.29, 0.717) is 5.56 Å². The average molecular weight is 281 g/mol. The van der Waals surface area contributed by atoms with Gasteiger partial charge in [-0.05, 0) is 18.4 Å². The van der Waals surface area contributed by atoms with Gasteiger partial charge in [-0.15, -0.1) is 0 Å². The Labute approximate surface area is 119 Å². The van der Waals surface area contributed by atoms with Gasteiger partial charge >= 0.3 is 5.69 Å². The van der Waals surface area contributed by atoms with Crippen LogP contribution in [-0.2, 0) is 0 Å². The van der Waals surface area contributed by atoms with E-state index in [1.54, 1.807) is 37.5 Å². The number of hydrogen-bond acceptors (Lipinski definition) is 6. The predicted octanol–water partition coefficient (Wildman–Crippen LogP) is 2.49. The van der Waals surface area contributed by atoms with Gasteiger partial charge in [0.25, 0.3) is 0 Å². The third-order valence-corrected chi connectivity index (χ3v) is 3.19. The van der Waals surface area contributed by atoms with Gasteiger partial charge in [-0.25, -0.2) is 9.97 Å². The summed E-state index contributed by atoms with van der Waals surface area (Å²) < 4.78 is 0. The fourth-order valence-corrected chi connectivity index (χ4v) is 2.32. The van der Waals surface area contributed by atoms with E-state index in [2.05, 4.69) is 15.0 Å². The highest BCUT2D eigenvalue weighted by atomic mass is 16.6. The number of fused-ring (bicyclic) bond motifs is 1. The molecule has 0 bridgehead atoms. The van der Waals surface area contributed by atoms with Gasteiger partial charge in [-0.1, -0.05) is 18.2 Å². The van der Waals surface area contributed by atoms with Crippen LogP contribution < -0.4 is 5.73 Å². The van der Waals surface area contributed by atoms with Crippen LogP contribution in [0.15, 0.2) is 36.7 Å². The van der Waals surface area contributed by atoms with E-state index in [1.165, 1.54) is 0 Å². The van der Waals surface area contributed by atoms with Crippen LogP contribution in [0.3, 0.4) is 0 Å². The van der Waals surface area contributed by atoms with E-state index >= 15 is 0 Å². The van der Waals surface area contributed by atoms with Gasteiger partial charge in [0.1, 0.15) is 5.69 Å². The molecule has 7 heteroatoms. The number of nitrogens with two attached hydrogens (primary N) is 1. The number of aryl methyl sites for hydroxylation is 1. The number of pyridine rings is 1. The van der Waals surface area contributed by atoms with E-state index in [0.717, 1.165) is 10.8 Å². The fourth-order valence-electron chi connectivity index (χ4n) is 2.32. The van der Waals surface area contributed by atoms with Crippen molar-refractivity contribution >= 4 is 22.4 Å². The smallest absolute Gasteiger partial charge is 0.316 e. The molecule has 104 valence electrons. The van der Waals surface area contributed by atoms with Gasteiger partial charge < -0.3 is 5.73 Å². The Kier molecular flexibility index (Phi) is 2.94. The second-order valence-corrected chi connectivity index (χ2v) is 4.52. The van der Waals surface area contributed by atoms with E-state index in [9.17, 15) is 10.1 Å². The summed E-state index contributed by atoms with van der Waals surface area (Å²) in [7, 11) is 0. The Morgan fingerprint density at radius 3 is 2.81 bits per heavy atom. The lowest BCUT2D eigenvalue weighted by atomic mass is 10.0. The zero-order chi connectivity index (χ0) is 15.0. The van der Waals surface area contributed by atoms with Crippen LogP contribution in [0.1, 0.15) is 5.69 Å². The summed E-state index contributed by atoms with van der Waals surface area (Å²) in [5.41, 5.74) is 6.63. The number of rotatable bonds is 2. The normalized spacial score (nSPS) is 10.7. The second-order valence-electron chi connectivity index (χ2n) is 4.52. The molecule has 0 saturated heterocycles. The first-order valence-corrected chi connectivity index (χ1v) is 6.19. The van der Waals surface area contributed by atoms with Crippen molar-refractivity contribution in [1.29, 1.82) is 0 Å². The number of benzene rings is 1. The summed E-state index contributed by atoms with van der Waals surface area (Å²) in [5, 5.41) is 13.0. The highest BCUT2D eigenvalue weighted by Crippen LogP contribution is 2.34. The summed E-state index contributed by atoms with van der Waals surface area (Å²) in [5.74, 6) is 0.0131. The standard InChI is InChI=1S/C14H11N5O2/c1-8-13(19(20)21)12(18-14(15)17-8)11-4-2-3-9-7-16-6-5-10(9)11/h2-7H,1H3,(H2,15,17,18). The molecule has 3 rings (SSSR count). The first-order chi connectivity index (χ1) is 10.1. The summed E-state index contributed by atoms with van der Waals surface area (Å²) in [4.78, 5) is 22.9. The van der Waals surface area contributed by atoms with Gasteiger partial charge in [-0.3, -0.25) is 15.1 Å². The van der Waals surface area contributed by atoms with Crippen molar-refractivity contribution in [1.82, 2.24) is 15.0 Å². The molecule has 0 aliphatic carbocycles. The Morgan fingerprint density at radius 1 is 1.24 bits per heavy atom. The van der Waals surface area contributed by atoms with Crippen LogP contribution in [0.2, 0.25) is 0 Å². The number of nitrogens with zero attached hydrogens (tertiary/aromatic N) is 4. The minimum atomic E-state index is -0.482. The molecule has 0 fully saturated rings. The van der Waals surface area contributed by atoms with Crippen LogP contribution in [0.5, 0.6) is 0 Å². The van der Waals surface area contributed by atoms with Crippen LogP contribution in [0.25, 0.3) is 22.0 Å². The molecule has 7 nitrogen and oxygen atoms in total. The summed E-state index contributed by atoms with van der Waals surface area (Å²) in [6.45, 7) is 1.55. The Hall–Kier alpha value is -3.09. The van der Waals surface area contributed by atoms with Crippen molar-refractivity contribution < 1.29 is 4.92 Å². The van der Waals surface area contributed by atoms with Gasteiger partial charge in [-0.2, -0.15) is 0 Å². The molecule has 0 radical (unpaired) electrons. The van der Waals surface area contributed by atoms with E-state index < -0.39 is 4.92 Å². The minimum Gasteiger partial charge on any atom is -0.368 e. The highest BCUT2D eigenvalue weighted by Gasteiger charge is 2.23. The third kappa shape index (κ3) is 2.14. The van der Waals surface area contributed by atoms with Gasteiger partial charge in [0.05, 0.1) is 4.92 Å². The monoisotopic (exact) mass is 281 g/mol. The van der Waals surface area contributed by atoms with Gasteiger partial charge in [0.2, 0.25) is 5.95 Å². The van der Waals surface area contributed by atoms with Crippen molar-refractivity contribution in [3.63, 3.8) is 0 Å². The molecular formula is C14H11N5O2. The minimum absolute atomic E-state index is 0.0131. The fraction of sp³-hybridized carbons (Fsp3) is 0.0714. The maximum absolute atomic E-state index is 11.3. The molecule has 21 heavy (non-hydrogen) atoms. The first-order valence-electron chi connectivity index (χ1n) is 6.19. The predicted molar refractivity (Wildman–Crippen MR) is 78.6 cm³/mol. The molecule has 0 aliphatic rings. The summed E-state index contributed by atoms with van der Waals surface area (Å²) in [6, 6.07) is 7.25. The summed E-state index contributed by atoms with van der Waals surface area (Å²) >= 11 is 0. The van der Waals surface area contributed by atoms with Crippen molar-refractivity contribution in [3.05, 3.63) is 52.5 Å². The van der Waals surface area contributed by atoms with Gasteiger partial charge in [0, 0.05) is 23.3 Å². The van der Waals surface area contributed by atoms with Crippen LogP contribution in [0, 0.1) is 17.0 Å². The molecule has 0 saturated carbocycles. The molecule has 0 aliphatic heterocycles. The first kappa shape index (κ1) is 12.9. The Balaban J connectivity index is 2.41. The zero-order valence-electron chi connectivity index (χ0n) is 11.1. The summed E-state index contributed by atoms with van der Waals surface area (Å²) in [6.07, 6.45) is 3.33. The number of nitro groups is 1. The molecular weight excluding hydrogens is 270 g/mol. The number of aromatic nitrogens is 3. The zero-order valence-corrected chi connectivity index (χ0v) is 11.1. The lowest BCUT2D eigenvalue weighted by molar-refractivity contribution is -0.385. The molecule has 2 aromatic heterocycles. The maximum Gasteiger partial charge on any atom is 0.316 e. The van der Waals surface area contributed by atoms with E-state index in [1.807, 2.05) is 6.07 Å². The maximum atomic E-state index is 11.3. The van der Waals surface area contributed by atoms with Crippen molar-refractivity contribution in [2.24, 2.45) is 0 Å². The average Bonchev–Trinajstić information content (AvgIpc) is 2.45. The third-order valence-electron chi connectivity index (χ3n) is 3.19. The molecule has 0 unspecified atom stereocenters. The van der Waals surface area contributed by atoms with E-state index in [4.69, 9.17) is 5.73 Å². The molecule has 2 heterocycles. The topological polar surface area (TPSA) is 108 Å². The van der Waals surface area contributed by atoms with Crippen LogP contribution in [0.4, 0.5) is 11.6 Å². The molecule has 1 aromatic carbocycles. The van der Waals surface area contributed by atoms with E-state index in [-0.39, 0.29) is 23.0 Å². The SMILES string of the molecule is Cc1nc(N)nc(-c2cccc3cnccc23)c1[N+](=O)[O-]. The van der Waals surface area contributed by atoms with Crippen molar-refractivity contribution in [2.45, 2.75) is 6.92 Å². The van der Waals surface area contributed by atoms with Crippen LogP contribution in [-0.4, -0.2) is 19.9 Å². The molecule has 0 amide bonds. The second kappa shape index (κ2) is 4.78. The lowest BCUT2D eigenvalue weighted by Crippen LogP contribution is -2.04. The number of hydrogen-bond donors (Lipinski definition) is 1. The molecule has 2 N–H and O–H groups in total. The number of nitrogen functional groups attached to an aromatic ring is 1. The largest absolute Gasteiger partial charge is 0.368 e. The molecule has 3 aromatic rings. The lowest BCUT2D eigenvalue weighted by Gasteiger charge is -2.08. The molecule has 0 spiro atoms. The van der Waals surface area contributed by atoms with Crippen molar-refractivity contribution in [3.8, 4) is 11.3 Å². The number of anilines is 1. The molecule has 0 atom stereocenters. The van der Waals surface area contributed by atoms with Crippen LogP contribution >= 0.6 is 0 Å². The Bertz CT molecular complexity index is 858. The van der Waals surface area contributed by atoms with Gasteiger partial charge in [0.15, 0.2) is 5.69 Å². The quantitative estimate of drug-likeness (QED) is 0.571.